The topological polar surface area (TPSA) is 54.9 Å². The Labute approximate surface area is 184 Å². The summed E-state index contributed by atoms with van der Waals surface area (Å²) < 4.78 is 11.5. The van der Waals surface area contributed by atoms with Crippen LogP contribution in [0, 0.1) is 0 Å². The Hall–Kier alpha value is -0.930. The number of rotatable bonds is 9. The number of nitrogens with zero attached hydrogens (tertiary/aromatic N) is 1. The Morgan fingerprint density at radius 1 is 1.33 bits per heavy atom. The number of thioether (sulfide) groups is 1. The van der Waals surface area contributed by atoms with Crippen LogP contribution in [-0.4, -0.2) is 49.9 Å². The quantitative estimate of drug-likeness (QED) is 0.231. The molecular weight excluding hydrogens is 473 g/mol. The van der Waals surface area contributed by atoms with E-state index < -0.39 is 0 Å². The number of guanidine groups is 1. The van der Waals surface area contributed by atoms with Gasteiger partial charge in [-0.25, -0.2) is 0 Å². The number of hydrogen-bond acceptors (Lipinski definition) is 4. The van der Waals surface area contributed by atoms with E-state index in [4.69, 9.17) is 9.47 Å². The first-order valence-electron chi connectivity index (χ1n) is 9.21. The second-order valence-electron chi connectivity index (χ2n) is 6.22. The monoisotopic (exact) mass is 505 g/mol. The van der Waals surface area contributed by atoms with Crippen LogP contribution in [-0.2, 0) is 11.3 Å². The highest BCUT2D eigenvalue weighted by Gasteiger charge is 2.32. The van der Waals surface area contributed by atoms with E-state index in [0.29, 0.717) is 13.2 Å². The molecule has 0 aromatic heterocycles. The maximum absolute atomic E-state index is 5.72. The molecule has 27 heavy (non-hydrogen) atoms. The van der Waals surface area contributed by atoms with Crippen molar-refractivity contribution in [2.24, 2.45) is 4.99 Å². The van der Waals surface area contributed by atoms with Crippen LogP contribution >= 0.6 is 35.7 Å². The number of halogens is 1. The molecule has 1 saturated heterocycles. The summed E-state index contributed by atoms with van der Waals surface area (Å²) in [5.74, 6) is 2.80. The van der Waals surface area contributed by atoms with E-state index in [0.717, 1.165) is 55.6 Å². The minimum absolute atomic E-state index is 0. The van der Waals surface area contributed by atoms with Crippen molar-refractivity contribution in [3.05, 3.63) is 42.5 Å². The maximum atomic E-state index is 5.72. The van der Waals surface area contributed by atoms with Gasteiger partial charge in [0.2, 0.25) is 0 Å². The normalized spacial score (nSPS) is 16.1. The van der Waals surface area contributed by atoms with Crippen LogP contribution in [0.2, 0.25) is 0 Å². The fourth-order valence-electron chi connectivity index (χ4n) is 3.01. The van der Waals surface area contributed by atoms with E-state index in [1.54, 1.807) is 13.1 Å². The zero-order valence-corrected chi connectivity index (χ0v) is 19.5. The van der Waals surface area contributed by atoms with E-state index in [1.165, 1.54) is 0 Å². The zero-order valence-electron chi connectivity index (χ0n) is 16.3. The predicted octanol–water partition coefficient (Wildman–Crippen LogP) is 3.84. The first-order chi connectivity index (χ1) is 12.7. The van der Waals surface area contributed by atoms with Crippen LogP contribution in [0.25, 0.3) is 0 Å². The molecule has 2 N–H and O–H groups in total. The molecule has 5 nitrogen and oxygen atoms in total. The molecule has 1 aromatic carbocycles. The molecule has 2 rings (SSSR count). The lowest BCUT2D eigenvalue weighted by molar-refractivity contribution is 0.0782. The summed E-state index contributed by atoms with van der Waals surface area (Å²) in [5.41, 5.74) is 1.10. The minimum atomic E-state index is 0. The van der Waals surface area contributed by atoms with Crippen molar-refractivity contribution in [3.8, 4) is 5.75 Å². The molecular formula is C20H32IN3O2S. The molecule has 0 radical (unpaired) electrons. The fourth-order valence-corrected chi connectivity index (χ4v) is 4.25. The number of benzene rings is 1. The average Bonchev–Trinajstić information content (AvgIpc) is 2.68. The summed E-state index contributed by atoms with van der Waals surface area (Å²) in [4.78, 5) is 4.37. The number of hydrogen-bond donors (Lipinski definition) is 2. The van der Waals surface area contributed by atoms with Gasteiger partial charge in [-0.05, 0) is 24.7 Å². The van der Waals surface area contributed by atoms with E-state index in [9.17, 15) is 0 Å². The summed E-state index contributed by atoms with van der Waals surface area (Å²) in [6, 6.07) is 8.03. The Morgan fingerprint density at radius 3 is 2.74 bits per heavy atom. The number of para-hydroxylation sites is 1. The second-order valence-corrected chi connectivity index (χ2v) is 7.95. The number of aliphatic imine (C=N–C) groups is 1. The summed E-state index contributed by atoms with van der Waals surface area (Å²) in [6.07, 6.45) is 3.91. The van der Waals surface area contributed by atoms with Gasteiger partial charge in [0.15, 0.2) is 5.96 Å². The maximum Gasteiger partial charge on any atom is 0.191 e. The van der Waals surface area contributed by atoms with Crippen molar-refractivity contribution < 1.29 is 9.47 Å². The second kappa shape index (κ2) is 13.3. The summed E-state index contributed by atoms with van der Waals surface area (Å²) in [7, 11) is 1.80. The summed E-state index contributed by atoms with van der Waals surface area (Å²) >= 11 is 2.02. The van der Waals surface area contributed by atoms with Crippen molar-refractivity contribution in [2.45, 2.75) is 31.1 Å². The van der Waals surface area contributed by atoms with Crippen LogP contribution in [0.4, 0.5) is 0 Å². The lowest BCUT2D eigenvalue weighted by Crippen LogP contribution is -2.48. The number of ether oxygens (including phenoxy) is 2. The molecule has 1 heterocycles. The first-order valence-corrected chi connectivity index (χ1v) is 10.2. The van der Waals surface area contributed by atoms with E-state index in [2.05, 4.69) is 35.2 Å². The van der Waals surface area contributed by atoms with Crippen LogP contribution in [0.15, 0.2) is 41.9 Å². The third-order valence-electron chi connectivity index (χ3n) is 4.43. The third kappa shape index (κ3) is 7.91. The van der Waals surface area contributed by atoms with Crippen molar-refractivity contribution in [1.82, 2.24) is 10.6 Å². The molecule has 0 bridgehead atoms. The molecule has 0 aliphatic carbocycles. The largest absolute Gasteiger partial charge is 0.489 e. The molecule has 0 unspecified atom stereocenters. The SMILES string of the molecule is C=CCOc1ccccc1CNC(=NC)NCC1(SCC)CCOCC1.I. The van der Waals surface area contributed by atoms with Gasteiger partial charge < -0.3 is 20.1 Å². The molecule has 1 aromatic rings. The summed E-state index contributed by atoms with van der Waals surface area (Å²) in [5, 5.41) is 6.90. The summed E-state index contributed by atoms with van der Waals surface area (Å²) in [6.45, 7) is 9.66. The van der Waals surface area contributed by atoms with E-state index in [1.807, 2.05) is 30.0 Å². The molecule has 0 spiro atoms. The van der Waals surface area contributed by atoms with Crippen LogP contribution in [0.1, 0.15) is 25.3 Å². The van der Waals surface area contributed by atoms with Gasteiger partial charge >= 0.3 is 0 Å². The molecule has 0 atom stereocenters. The van der Waals surface area contributed by atoms with E-state index >= 15 is 0 Å². The fraction of sp³-hybridized carbons (Fsp3) is 0.550. The Kier molecular flexibility index (Phi) is 11.9. The van der Waals surface area contributed by atoms with Crippen molar-refractivity contribution in [1.29, 1.82) is 0 Å². The van der Waals surface area contributed by atoms with Gasteiger partial charge in [-0.3, -0.25) is 4.99 Å². The Bertz CT molecular complexity index is 587. The lowest BCUT2D eigenvalue weighted by Gasteiger charge is -2.37. The van der Waals surface area contributed by atoms with Crippen molar-refractivity contribution >= 4 is 41.7 Å². The lowest BCUT2D eigenvalue weighted by atomic mass is 9.99. The molecule has 7 heteroatoms. The minimum Gasteiger partial charge on any atom is -0.489 e. The van der Waals surface area contributed by atoms with E-state index in [-0.39, 0.29) is 28.7 Å². The van der Waals surface area contributed by atoms with Gasteiger partial charge in [-0.2, -0.15) is 11.8 Å². The molecule has 1 aliphatic rings. The van der Waals surface area contributed by atoms with Crippen LogP contribution in [0.3, 0.4) is 0 Å². The number of nitrogens with one attached hydrogen (secondary N) is 2. The standard InChI is InChI=1S/C20H31N3O2S.HI/c1-4-12-25-18-9-7-6-8-17(18)15-22-19(21-3)23-16-20(26-5-2)10-13-24-14-11-20;/h4,6-9H,1,5,10-16H2,2-3H3,(H2,21,22,23);1H. The average molecular weight is 505 g/mol. The molecule has 1 fully saturated rings. The molecule has 0 amide bonds. The highest BCUT2D eigenvalue weighted by Crippen LogP contribution is 2.34. The van der Waals surface area contributed by atoms with Gasteiger partial charge in [0, 0.05) is 43.7 Å². The molecule has 152 valence electrons. The highest BCUT2D eigenvalue weighted by molar-refractivity contribution is 14.0. The smallest absolute Gasteiger partial charge is 0.191 e. The molecule has 1 aliphatic heterocycles. The Morgan fingerprint density at radius 2 is 2.07 bits per heavy atom. The van der Waals surface area contributed by atoms with Gasteiger partial charge in [0.25, 0.3) is 0 Å². The van der Waals surface area contributed by atoms with Gasteiger partial charge in [0.1, 0.15) is 12.4 Å². The van der Waals surface area contributed by atoms with Crippen molar-refractivity contribution in [2.75, 3.05) is 39.2 Å². The van der Waals surface area contributed by atoms with Crippen LogP contribution in [0.5, 0.6) is 5.75 Å². The zero-order chi connectivity index (χ0) is 18.7. The van der Waals surface area contributed by atoms with Gasteiger partial charge in [0.05, 0.1) is 0 Å². The first kappa shape index (κ1) is 24.1. The Balaban J connectivity index is 0.00000364. The highest BCUT2D eigenvalue weighted by atomic mass is 127. The predicted molar refractivity (Wildman–Crippen MR) is 127 cm³/mol. The van der Waals surface area contributed by atoms with Crippen molar-refractivity contribution in [3.63, 3.8) is 0 Å². The molecule has 0 saturated carbocycles. The van der Waals surface area contributed by atoms with Gasteiger partial charge in [-0.15, -0.1) is 24.0 Å². The van der Waals surface area contributed by atoms with Gasteiger partial charge in [-0.1, -0.05) is 37.8 Å². The van der Waals surface area contributed by atoms with Crippen LogP contribution < -0.4 is 15.4 Å². The third-order valence-corrected chi connectivity index (χ3v) is 5.89.